The number of nitrogen functional groups attached to an aromatic ring is 1. The maximum Gasteiger partial charge on any atom is 0.256 e. The Bertz CT molecular complexity index is 456. The normalized spacial score (nSPS) is 16.7. The highest BCUT2D eigenvalue weighted by Crippen LogP contribution is 2.19. The zero-order valence-electron chi connectivity index (χ0n) is 12.7. The summed E-state index contributed by atoms with van der Waals surface area (Å²) in [5.74, 6) is 0.745. The summed E-state index contributed by atoms with van der Waals surface area (Å²) < 4.78 is 0. The van der Waals surface area contributed by atoms with Gasteiger partial charge in [-0.15, -0.1) is 0 Å². The largest absolute Gasteiger partial charge is 0.398 e. The molecule has 2 rings (SSSR count). The zero-order chi connectivity index (χ0) is 14.7. The number of piperazine rings is 1. The van der Waals surface area contributed by atoms with Gasteiger partial charge in [-0.3, -0.25) is 9.69 Å². The van der Waals surface area contributed by atoms with Crippen LogP contribution in [0.5, 0.6) is 0 Å². The lowest BCUT2D eigenvalue weighted by atomic mass is 10.0. The average Bonchev–Trinajstić information content (AvgIpc) is 2.38. The smallest absolute Gasteiger partial charge is 0.256 e. The lowest BCUT2D eigenvalue weighted by Gasteiger charge is -2.35. The first kappa shape index (κ1) is 14.9. The number of aryl methyl sites for hydroxylation is 1. The first-order valence-electron chi connectivity index (χ1n) is 7.35. The van der Waals surface area contributed by atoms with Crippen molar-refractivity contribution in [3.63, 3.8) is 0 Å². The molecule has 4 heteroatoms. The van der Waals surface area contributed by atoms with Crippen molar-refractivity contribution in [3.8, 4) is 0 Å². The summed E-state index contributed by atoms with van der Waals surface area (Å²) in [5, 5.41) is 0. The Morgan fingerprint density at radius 3 is 2.45 bits per heavy atom. The lowest BCUT2D eigenvalue weighted by molar-refractivity contribution is 0.0624. The molecule has 0 radical (unpaired) electrons. The zero-order valence-corrected chi connectivity index (χ0v) is 12.7. The van der Waals surface area contributed by atoms with Crippen LogP contribution in [0.25, 0.3) is 0 Å². The van der Waals surface area contributed by atoms with Crippen molar-refractivity contribution in [2.24, 2.45) is 5.92 Å². The maximum absolute atomic E-state index is 12.6. The van der Waals surface area contributed by atoms with Crippen LogP contribution in [0, 0.1) is 12.8 Å². The van der Waals surface area contributed by atoms with E-state index in [1.54, 1.807) is 6.07 Å². The van der Waals surface area contributed by atoms with Gasteiger partial charge in [0.1, 0.15) is 0 Å². The number of carbonyl (C=O) groups excluding carboxylic acids is 1. The van der Waals surface area contributed by atoms with Crippen molar-refractivity contribution >= 4 is 11.6 Å². The number of anilines is 1. The summed E-state index contributed by atoms with van der Waals surface area (Å²) in [5.41, 5.74) is 8.18. The van der Waals surface area contributed by atoms with Crippen LogP contribution in [0.3, 0.4) is 0 Å². The van der Waals surface area contributed by atoms with E-state index in [4.69, 9.17) is 5.73 Å². The molecule has 0 atom stereocenters. The molecule has 1 aliphatic rings. The minimum Gasteiger partial charge on any atom is -0.398 e. The molecule has 0 aromatic heterocycles. The van der Waals surface area contributed by atoms with Crippen molar-refractivity contribution in [3.05, 3.63) is 29.3 Å². The van der Waals surface area contributed by atoms with Gasteiger partial charge in [-0.1, -0.05) is 26.0 Å². The molecule has 0 saturated carbocycles. The Morgan fingerprint density at radius 1 is 1.25 bits per heavy atom. The minimum absolute atomic E-state index is 0.0739. The Hall–Kier alpha value is -1.55. The fourth-order valence-electron chi connectivity index (χ4n) is 2.79. The van der Waals surface area contributed by atoms with E-state index < -0.39 is 0 Å². The van der Waals surface area contributed by atoms with E-state index in [-0.39, 0.29) is 5.91 Å². The molecule has 0 spiro atoms. The summed E-state index contributed by atoms with van der Waals surface area (Å²) in [7, 11) is 0. The molecule has 1 aliphatic heterocycles. The highest BCUT2D eigenvalue weighted by Gasteiger charge is 2.24. The molecule has 0 bridgehead atoms. The molecule has 2 N–H and O–H groups in total. The van der Waals surface area contributed by atoms with Gasteiger partial charge in [-0.25, -0.2) is 0 Å². The SMILES string of the molecule is Cc1cccc(N)c1C(=O)N1CCN(CC(C)C)CC1. The molecular weight excluding hydrogens is 250 g/mol. The van der Waals surface area contributed by atoms with Crippen molar-refractivity contribution in [2.45, 2.75) is 20.8 Å². The number of carbonyl (C=O) groups is 1. The van der Waals surface area contributed by atoms with E-state index >= 15 is 0 Å². The van der Waals surface area contributed by atoms with E-state index in [9.17, 15) is 4.79 Å². The van der Waals surface area contributed by atoms with E-state index in [1.165, 1.54) is 0 Å². The van der Waals surface area contributed by atoms with Crippen LogP contribution in [-0.4, -0.2) is 48.4 Å². The van der Waals surface area contributed by atoms with Crippen molar-refractivity contribution in [2.75, 3.05) is 38.5 Å². The molecule has 1 amide bonds. The number of rotatable bonds is 3. The predicted octanol–water partition coefficient (Wildman–Crippen LogP) is 1.99. The summed E-state index contributed by atoms with van der Waals surface area (Å²) in [6.07, 6.45) is 0. The second-order valence-corrected chi connectivity index (χ2v) is 6.03. The molecule has 0 aliphatic carbocycles. The molecule has 1 fully saturated rings. The van der Waals surface area contributed by atoms with Crippen LogP contribution in [-0.2, 0) is 0 Å². The molecule has 1 heterocycles. The monoisotopic (exact) mass is 275 g/mol. The molecule has 20 heavy (non-hydrogen) atoms. The number of nitrogens with zero attached hydrogens (tertiary/aromatic N) is 2. The number of amides is 1. The van der Waals surface area contributed by atoms with Gasteiger partial charge < -0.3 is 10.6 Å². The molecule has 0 unspecified atom stereocenters. The van der Waals surface area contributed by atoms with Crippen molar-refractivity contribution in [1.82, 2.24) is 9.80 Å². The van der Waals surface area contributed by atoms with Crippen LogP contribution >= 0.6 is 0 Å². The minimum atomic E-state index is 0.0739. The second-order valence-electron chi connectivity index (χ2n) is 6.03. The van der Waals surface area contributed by atoms with E-state index in [0.717, 1.165) is 38.3 Å². The number of hydrogen-bond donors (Lipinski definition) is 1. The van der Waals surface area contributed by atoms with Crippen LogP contribution in [0.4, 0.5) is 5.69 Å². The lowest BCUT2D eigenvalue weighted by Crippen LogP contribution is -2.49. The van der Waals surface area contributed by atoms with Crippen LogP contribution in [0.15, 0.2) is 18.2 Å². The highest BCUT2D eigenvalue weighted by molar-refractivity contribution is 6.00. The number of hydrogen-bond acceptors (Lipinski definition) is 3. The van der Waals surface area contributed by atoms with Gasteiger partial charge in [0.2, 0.25) is 0 Å². The molecule has 110 valence electrons. The van der Waals surface area contributed by atoms with Gasteiger partial charge in [0.05, 0.1) is 5.56 Å². The van der Waals surface area contributed by atoms with Crippen LogP contribution in [0.1, 0.15) is 29.8 Å². The van der Waals surface area contributed by atoms with Gasteiger partial charge in [0, 0.05) is 38.4 Å². The third-order valence-electron chi connectivity index (χ3n) is 3.80. The van der Waals surface area contributed by atoms with E-state index in [0.29, 0.717) is 17.2 Å². The summed E-state index contributed by atoms with van der Waals surface area (Å²) in [4.78, 5) is 17.0. The van der Waals surface area contributed by atoms with E-state index in [2.05, 4.69) is 18.7 Å². The first-order valence-corrected chi connectivity index (χ1v) is 7.35. The number of benzene rings is 1. The highest BCUT2D eigenvalue weighted by atomic mass is 16.2. The molecular formula is C16H25N3O. The van der Waals surface area contributed by atoms with Gasteiger partial charge in [0.15, 0.2) is 0 Å². The summed E-state index contributed by atoms with van der Waals surface area (Å²) in [6.45, 7) is 11.0. The fraction of sp³-hybridized carbons (Fsp3) is 0.562. The van der Waals surface area contributed by atoms with Gasteiger partial charge in [0.25, 0.3) is 5.91 Å². The molecule has 4 nitrogen and oxygen atoms in total. The van der Waals surface area contributed by atoms with Gasteiger partial charge in [-0.05, 0) is 24.5 Å². The Kier molecular flexibility index (Phi) is 4.65. The van der Waals surface area contributed by atoms with Crippen molar-refractivity contribution in [1.29, 1.82) is 0 Å². The fourth-order valence-corrected chi connectivity index (χ4v) is 2.79. The third kappa shape index (κ3) is 3.31. The quantitative estimate of drug-likeness (QED) is 0.858. The third-order valence-corrected chi connectivity index (χ3v) is 3.80. The Morgan fingerprint density at radius 2 is 1.90 bits per heavy atom. The standard InChI is InChI=1S/C16H25N3O/c1-12(2)11-18-7-9-19(10-8-18)16(20)15-13(3)5-4-6-14(15)17/h4-6,12H,7-11,17H2,1-3H3. The Balaban J connectivity index is 2.02. The summed E-state index contributed by atoms with van der Waals surface area (Å²) >= 11 is 0. The average molecular weight is 275 g/mol. The molecule has 1 saturated heterocycles. The predicted molar refractivity (Wildman–Crippen MR) is 82.8 cm³/mol. The first-order chi connectivity index (χ1) is 9.49. The van der Waals surface area contributed by atoms with E-state index in [1.807, 2.05) is 24.0 Å². The molecule has 1 aromatic carbocycles. The maximum atomic E-state index is 12.6. The van der Waals surface area contributed by atoms with Crippen LogP contribution in [0.2, 0.25) is 0 Å². The second kappa shape index (κ2) is 6.27. The van der Waals surface area contributed by atoms with Crippen LogP contribution < -0.4 is 5.73 Å². The molecule has 1 aromatic rings. The topological polar surface area (TPSA) is 49.6 Å². The van der Waals surface area contributed by atoms with Crippen molar-refractivity contribution < 1.29 is 4.79 Å². The van der Waals surface area contributed by atoms with Gasteiger partial charge in [-0.2, -0.15) is 0 Å². The Labute approximate surface area is 121 Å². The van der Waals surface area contributed by atoms with Gasteiger partial charge >= 0.3 is 0 Å². The number of nitrogens with two attached hydrogens (primary N) is 1. The summed E-state index contributed by atoms with van der Waals surface area (Å²) in [6, 6.07) is 5.63.